The lowest BCUT2D eigenvalue weighted by Gasteiger charge is -2.41. The Morgan fingerprint density at radius 2 is 0.724 bits per heavy atom. The van der Waals surface area contributed by atoms with Crippen LogP contribution in [0.1, 0.15) is 50.9 Å². The van der Waals surface area contributed by atoms with Gasteiger partial charge in [-0.3, -0.25) is 0 Å². The van der Waals surface area contributed by atoms with E-state index in [0.29, 0.717) is 0 Å². The van der Waals surface area contributed by atoms with E-state index < -0.39 is 0 Å². The summed E-state index contributed by atoms with van der Waals surface area (Å²) in [7, 11) is 0. The van der Waals surface area contributed by atoms with Crippen molar-refractivity contribution in [3.8, 4) is 0 Å². The lowest BCUT2D eigenvalue weighted by atomic mass is 9.62. The summed E-state index contributed by atoms with van der Waals surface area (Å²) in [4.78, 5) is 4.66. The van der Waals surface area contributed by atoms with E-state index in [1.807, 2.05) is 0 Å². The van der Waals surface area contributed by atoms with Gasteiger partial charge in [0, 0.05) is 39.5 Å². The van der Waals surface area contributed by atoms with Crippen LogP contribution in [0, 0.1) is 33.1 Å². The summed E-state index contributed by atoms with van der Waals surface area (Å²) in [5.74, 6) is 0. The van der Waals surface area contributed by atoms with E-state index in [1.54, 1.807) is 0 Å². The van der Waals surface area contributed by atoms with Crippen molar-refractivity contribution in [1.29, 1.82) is 0 Å². The van der Waals surface area contributed by atoms with Gasteiger partial charge in [0.05, 0.1) is 0 Å². The molecule has 2 aliphatic carbocycles. The number of aryl methyl sites for hydroxylation is 4. The van der Waals surface area contributed by atoms with E-state index in [-0.39, 0.29) is 5.41 Å². The second-order valence-corrected chi connectivity index (χ2v) is 15.8. The third-order valence-corrected chi connectivity index (χ3v) is 11.6. The summed E-state index contributed by atoms with van der Waals surface area (Å²) in [6.45, 7) is 8.54. The molecule has 0 atom stereocenters. The van der Waals surface area contributed by atoms with Crippen LogP contribution in [-0.2, 0) is 0 Å². The number of benzene rings is 7. The molecule has 2 aliphatic rings. The van der Waals surface area contributed by atoms with E-state index in [9.17, 15) is 0 Å². The summed E-state index contributed by atoms with van der Waals surface area (Å²) >= 11 is 0. The molecule has 0 saturated carbocycles. The van der Waals surface area contributed by atoms with Crippen molar-refractivity contribution in [1.82, 2.24) is 0 Å². The third-order valence-electron chi connectivity index (χ3n) is 11.6. The number of allylic oxidation sites excluding steroid dienone is 6. The van der Waals surface area contributed by atoms with Gasteiger partial charge in [0.2, 0.25) is 0 Å². The Morgan fingerprint density at radius 3 is 1.09 bits per heavy atom. The molecule has 0 saturated heterocycles. The summed E-state index contributed by atoms with van der Waals surface area (Å²) in [6, 6.07) is 61.9. The molecule has 0 heterocycles. The summed E-state index contributed by atoms with van der Waals surface area (Å²) in [5.41, 5.74) is 19.3. The molecule has 0 radical (unpaired) electrons. The molecule has 0 fully saturated rings. The molecule has 0 aliphatic heterocycles. The molecule has 9 rings (SSSR count). The lowest BCUT2D eigenvalue weighted by molar-refractivity contribution is 0.661. The number of anilines is 6. The van der Waals surface area contributed by atoms with Gasteiger partial charge in [-0.05, 0) is 140 Å². The third kappa shape index (κ3) is 7.26. The van der Waals surface area contributed by atoms with E-state index in [1.165, 1.54) is 55.7 Å². The first-order chi connectivity index (χ1) is 28.3. The first-order valence-electron chi connectivity index (χ1n) is 20.3. The van der Waals surface area contributed by atoms with Gasteiger partial charge in [-0.25, -0.2) is 0 Å². The van der Waals surface area contributed by atoms with Crippen molar-refractivity contribution in [2.75, 3.05) is 9.80 Å². The molecular weight excluding hydrogens is 701 g/mol. The zero-order valence-corrected chi connectivity index (χ0v) is 33.7. The molecule has 0 aromatic heterocycles. The molecule has 282 valence electrons. The Hall–Kier alpha value is -6.90. The van der Waals surface area contributed by atoms with Gasteiger partial charge in [0.1, 0.15) is 0 Å². The van der Waals surface area contributed by atoms with Gasteiger partial charge in [-0.15, -0.1) is 0 Å². The minimum absolute atomic E-state index is 0.290. The molecule has 7 aromatic carbocycles. The van der Waals surface area contributed by atoms with Crippen LogP contribution < -0.4 is 9.80 Å². The minimum atomic E-state index is -0.290. The van der Waals surface area contributed by atoms with Crippen molar-refractivity contribution in [3.63, 3.8) is 0 Å². The molecule has 0 spiro atoms. The highest BCUT2D eigenvalue weighted by Crippen LogP contribution is 2.56. The van der Waals surface area contributed by atoms with Gasteiger partial charge >= 0.3 is 0 Å². The molecular formula is C56H48N2. The van der Waals surface area contributed by atoms with Gasteiger partial charge in [-0.2, -0.15) is 0 Å². The molecule has 0 N–H and O–H groups in total. The maximum Gasteiger partial charge on any atom is 0.0462 e. The Bertz CT molecular complexity index is 2430. The van der Waals surface area contributed by atoms with Crippen LogP contribution in [-0.4, -0.2) is 0 Å². The first kappa shape index (κ1) is 36.7. The molecule has 0 bridgehead atoms. The molecule has 0 unspecified atom stereocenters. The second kappa shape index (κ2) is 15.6. The van der Waals surface area contributed by atoms with Crippen molar-refractivity contribution >= 4 is 57.4 Å². The molecule has 0 amide bonds. The van der Waals surface area contributed by atoms with Crippen LogP contribution in [0.2, 0.25) is 0 Å². The predicted octanol–water partition coefficient (Wildman–Crippen LogP) is 15.5. The predicted molar refractivity (Wildman–Crippen MR) is 249 cm³/mol. The molecule has 2 nitrogen and oxygen atoms in total. The van der Waals surface area contributed by atoms with Gasteiger partial charge < -0.3 is 9.80 Å². The maximum atomic E-state index is 2.43. The standard InChI is InChI=1S/C56H48N2/c1-40-11-23-46(24-12-40)57(47-25-13-41(2)14-26-47)50-31-19-44(20-32-50)35-38-56(37-7-10-54-52-8-5-6-9-53(52)55(54)56)39-36-45-21-33-51(34-22-45)58(48-27-15-42(3)16-28-48)49-29-17-43(4)18-30-49/h5-36,38-39H,37H2,1-4H3. The average molecular weight is 749 g/mol. The fourth-order valence-electron chi connectivity index (χ4n) is 8.29. The first-order valence-corrected chi connectivity index (χ1v) is 20.3. The summed E-state index contributed by atoms with van der Waals surface area (Å²) in [6.07, 6.45) is 15.0. The monoisotopic (exact) mass is 748 g/mol. The maximum absolute atomic E-state index is 2.43. The van der Waals surface area contributed by atoms with Crippen molar-refractivity contribution in [2.24, 2.45) is 5.41 Å². The zero-order valence-electron chi connectivity index (χ0n) is 33.7. The summed E-state index contributed by atoms with van der Waals surface area (Å²) in [5, 5.41) is 0. The van der Waals surface area contributed by atoms with E-state index in [0.717, 1.165) is 40.5 Å². The van der Waals surface area contributed by atoms with Crippen LogP contribution in [0.4, 0.5) is 34.1 Å². The highest BCUT2D eigenvalue weighted by Gasteiger charge is 2.39. The fourth-order valence-corrected chi connectivity index (χ4v) is 8.29. The highest BCUT2D eigenvalue weighted by atomic mass is 15.1. The number of fused-ring (bicyclic) bond motifs is 3. The van der Waals surface area contributed by atoms with Gasteiger partial charge in [0.25, 0.3) is 0 Å². The quantitative estimate of drug-likeness (QED) is 0.137. The SMILES string of the molecule is Cc1ccc(N(c2ccc(C)cc2)c2ccc(C=CC3(C=Cc4ccc(N(c5ccc(C)cc5)c5ccc(C)cc5)cc4)CC=CC4=C3c3ccccc34)cc2)cc1. The van der Waals surface area contributed by atoms with E-state index in [2.05, 4.69) is 244 Å². The lowest BCUT2D eigenvalue weighted by Crippen LogP contribution is -2.25. The van der Waals surface area contributed by atoms with Crippen molar-refractivity contribution in [2.45, 2.75) is 34.1 Å². The van der Waals surface area contributed by atoms with Crippen LogP contribution in [0.25, 0.3) is 23.3 Å². The smallest absolute Gasteiger partial charge is 0.0462 e. The fraction of sp³-hybridized carbons (Fsp3) is 0.107. The second-order valence-electron chi connectivity index (χ2n) is 15.8. The number of rotatable bonds is 10. The Morgan fingerprint density at radius 1 is 0.397 bits per heavy atom. The highest BCUT2D eigenvalue weighted by molar-refractivity contribution is 6.11. The Kier molecular flexibility index (Phi) is 9.85. The van der Waals surface area contributed by atoms with E-state index in [4.69, 9.17) is 0 Å². The van der Waals surface area contributed by atoms with Crippen molar-refractivity contribution < 1.29 is 0 Å². The Labute approximate surface area is 344 Å². The molecule has 2 heteroatoms. The largest absolute Gasteiger partial charge is 0.311 e. The number of hydrogen-bond acceptors (Lipinski definition) is 2. The number of hydrogen-bond donors (Lipinski definition) is 0. The van der Waals surface area contributed by atoms with E-state index >= 15 is 0 Å². The van der Waals surface area contributed by atoms with Gasteiger partial charge in [0.15, 0.2) is 0 Å². The van der Waals surface area contributed by atoms with Crippen LogP contribution in [0.15, 0.2) is 194 Å². The molecule has 58 heavy (non-hydrogen) atoms. The molecule has 7 aromatic rings. The zero-order chi connectivity index (χ0) is 39.6. The Balaban J connectivity index is 1.04. The normalized spacial score (nSPS) is 15.7. The average Bonchev–Trinajstić information content (AvgIpc) is 3.25. The topological polar surface area (TPSA) is 6.48 Å². The van der Waals surface area contributed by atoms with Crippen molar-refractivity contribution in [3.05, 3.63) is 239 Å². The summed E-state index contributed by atoms with van der Waals surface area (Å²) < 4.78 is 0. The van der Waals surface area contributed by atoms with Crippen LogP contribution >= 0.6 is 0 Å². The number of nitrogens with zero attached hydrogens (tertiary/aromatic N) is 2. The van der Waals surface area contributed by atoms with Crippen LogP contribution in [0.5, 0.6) is 0 Å². The minimum Gasteiger partial charge on any atom is -0.311 e. The van der Waals surface area contributed by atoms with Gasteiger partial charge in [-0.1, -0.05) is 156 Å². The van der Waals surface area contributed by atoms with Crippen LogP contribution in [0.3, 0.4) is 0 Å².